The molecule has 2 N–H and O–H groups in total. The number of ether oxygens (including phenoxy) is 2. The predicted molar refractivity (Wildman–Crippen MR) is 56.9 cm³/mol. The fourth-order valence-electron chi connectivity index (χ4n) is 1.07. The molecule has 1 atom stereocenters. The van der Waals surface area contributed by atoms with Crippen LogP contribution in [0, 0.1) is 0 Å². The molecule has 0 aliphatic heterocycles. The maximum atomic E-state index is 10.8. The maximum Gasteiger partial charge on any atom is 0.258 e. The van der Waals surface area contributed by atoms with E-state index < -0.39 is 12.0 Å². The molecule has 0 aromatic heterocycles. The van der Waals surface area contributed by atoms with Crippen molar-refractivity contribution >= 4 is 5.91 Å². The van der Waals surface area contributed by atoms with Gasteiger partial charge in [-0.3, -0.25) is 4.79 Å². The molecule has 1 amide bonds. The number of para-hydroxylation sites is 2. The topological polar surface area (TPSA) is 61.6 Å². The monoisotopic (exact) mass is 209 g/mol. The predicted octanol–water partition coefficient (Wildman–Crippen LogP) is 1.34. The number of hydrogen-bond acceptors (Lipinski definition) is 3. The lowest BCUT2D eigenvalue weighted by Crippen LogP contribution is -2.30. The second-order valence-corrected chi connectivity index (χ2v) is 3.04. The van der Waals surface area contributed by atoms with E-state index in [1.165, 1.54) is 0 Å². The lowest BCUT2D eigenvalue weighted by atomic mass is 10.3. The summed E-state index contributed by atoms with van der Waals surface area (Å²) in [6, 6.07) is 7.18. The van der Waals surface area contributed by atoms with E-state index in [4.69, 9.17) is 15.2 Å². The van der Waals surface area contributed by atoms with Crippen molar-refractivity contribution in [1.29, 1.82) is 0 Å². The number of amides is 1. The number of hydrogen-bond donors (Lipinski definition) is 1. The highest BCUT2D eigenvalue weighted by Crippen LogP contribution is 2.27. The average Bonchev–Trinajstić information content (AvgIpc) is 2.21. The van der Waals surface area contributed by atoms with Crippen LogP contribution in [0.1, 0.15) is 13.8 Å². The van der Waals surface area contributed by atoms with Crippen LogP contribution >= 0.6 is 0 Å². The molecule has 1 aromatic carbocycles. The average molecular weight is 209 g/mol. The van der Waals surface area contributed by atoms with Crippen molar-refractivity contribution in [3.8, 4) is 11.5 Å². The minimum absolute atomic E-state index is 0.499. The minimum atomic E-state index is -0.661. The van der Waals surface area contributed by atoms with Gasteiger partial charge >= 0.3 is 0 Å². The Bertz CT molecular complexity index is 338. The van der Waals surface area contributed by atoms with Gasteiger partial charge in [-0.05, 0) is 26.0 Å². The van der Waals surface area contributed by atoms with Crippen molar-refractivity contribution in [3.05, 3.63) is 24.3 Å². The molecule has 0 spiro atoms. The van der Waals surface area contributed by atoms with Crippen LogP contribution in [0.25, 0.3) is 0 Å². The van der Waals surface area contributed by atoms with E-state index in [-0.39, 0.29) is 0 Å². The smallest absolute Gasteiger partial charge is 0.258 e. The first kappa shape index (κ1) is 11.4. The lowest BCUT2D eigenvalue weighted by molar-refractivity contribution is -0.124. The quantitative estimate of drug-likeness (QED) is 0.796. The standard InChI is InChI=1S/C11H15NO3/c1-3-14-9-6-4-5-7-10(9)15-8(2)11(12)13/h4-8H,3H2,1-2H3,(H2,12,13)/t8-/m0/s1. The summed E-state index contributed by atoms with van der Waals surface area (Å²) in [7, 11) is 0. The molecule has 0 radical (unpaired) electrons. The molecule has 0 bridgehead atoms. The Morgan fingerprint density at radius 1 is 1.40 bits per heavy atom. The number of carbonyl (C=O) groups excluding carboxylic acids is 1. The van der Waals surface area contributed by atoms with Gasteiger partial charge in [-0.25, -0.2) is 0 Å². The van der Waals surface area contributed by atoms with E-state index in [1.54, 1.807) is 19.1 Å². The molecule has 1 aromatic rings. The second kappa shape index (κ2) is 5.24. The fraction of sp³-hybridized carbons (Fsp3) is 0.364. The van der Waals surface area contributed by atoms with Crippen molar-refractivity contribution in [3.63, 3.8) is 0 Å². The number of rotatable bonds is 5. The molecular formula is C11H15NO3. The Balaban J connectivity index is 2.79. The summed E-state index contributed by atoms with van der Waals surface area (Å²) in [6.45, 7) is 4.03. The van der Waals surface area contributed by atoms with Gasteiger partial charge in [0, 0.05) is 0 Å². The second-order valence-electron chi connectivity index (χ2n) is 3.04. The number of benzene rings is 1. The fourth-order valence-corrected chi connectivity index (χ4v) is 1.07. The lowest BCUT2D eigenvalue weighted by Gasteiger charge is -2.14. The highest BCUT2D eigenvalue weighted by molar-refractivity contribution is 5.78. The summed E-state index contributed by atoms with van der Waals surface area (Å²) in [4.78, 5) is 10.8. The Kier molecular flexibility index (Phi) is 3.97. The zero-order valence-corrected chi connectivity index (χ0v) is 8.90. The molecule has 82 valence electrons. The van der Waals surface area contributed by atoms with Crippen LogP contribution in [0.15, 0.2) is 24.3 Å². The molecule has 4 nitrogen and oxygen atoms in total. The summed E-state index contributed by atoms with van der Waals surface area (Å²) in [5, 5.41) is 0. The van der Waals surface area contributed by atoms with E-state index in [2.05, 4.69) is 0 Å². The van der Waals surface area contributed by atoms with Gasteiger partial charge in [-0.15, -0.1) is 0 Å². The number of primary amides is 1. The van der Waals surface area contributed by atoms with E-state index in [0.29, 0.717) is 18.1 Å². The van der Waals surface area contributed by atoms with Crippen LogP contribution in [0.2, 0.25) is 0 Å². The van der Waals surface area contributed by atoms with Gasteiger partial charge in [0.2, 0.25) is 0 Å². The third-order valence-electron chi connectivity index (χ3n) is 1.85. The summed E-state index contributed by atoms with van der Waals surface area (Å²) in [6.07, 6.45) is -0.661. The van der Waals surface area contributed by atoms with Gasteiger partial charge in [0.25, 0.3) is 5.91 Å². The van der Waals surface area contributed by atoms with Crippen molar-refractivity contribution in [2.24, 2.45) is 5.73 Å². The van der Waals surface area contributed by atoms with Crippen LogP contribution in [0.4, 0.5) is 0 Å². The first-order chi connectivity index (χ1) is 7.15. The largest absolute Gasteiger partial charge is 0.490 e. The Hall–Kier alpha value is -1.71. The summed E-state index contributed by atoms with van der Waals surface area (Å²) in [5.74, 6) is 0.653. The molecular weight excluding hydrogens is 194 g/mol. The Morgan fingerprint density at radius 3 is 2.53 bits per heavy atom. The maximum absolute atomic E-state index is 10.8. The van der Waals surface area contributed by atoms with E-state index in [1.807, 2.05) is 19.1 Å². The first-order valence-corrected chi connectivity index (χ1v) is 4.83. The molecule has 0 aliphatic rings. The number of nitrogens with two attached hydrogens (primary N) is 1. The Morgan fingerprint density at radius 2 is 2.00 bits per heavy atom. The summed E-state index contributed by atoms with van der Waals surface area (Å²) < 4.78 is 10.7. The molecule has 0 aliphatic carbocycles. The van der Waals surface area contributed by atoms with Crippen molar-refractivity contribution < 1.29 is 14.3 Å². The molecule has 4 heteroatoms. The van der Waals surface area contributed by atoms with Gasteiger partial charge in [-0.2, -0.15) is 0 Å². The summed E-state index contributed by atoms with van der Waals surface area (Å²) >= 11 is 0. The van der Waals surface area contributed by atoms with Crippen LogP contribution < -0.4 is 15.2 Å². The zero-order chi connectivity index (χ0) is 11.3. The first-order valence-electron chi connectivity index (χ1n) is 4.83. The Labute approximate surface area is 89.0 Å². The van der Waals surface area contributed by atoms with Gasteiger partial charge in [-0.1, -0.05) is 12.1 Å². The van der Waals surface area contributed by atoms with E-state index >= 15 is 0 Å². The van der Waals surface area contributed by atoms with Crippen LogP contribution in [-0.4, -0.2) is 18.6 Å². The van der Waals surface area contributed by atoms with Crippen LogP contribution in [-0.2, 0) is 4.79 Å². The number of carbonyl (C=O) groups is 1. The summed E-state index contributed by atoms with van der Waals surface area (Å²) in [5.41, 5.74) is 5.10. The minimum Gasteiger partial charge on any atom is -0.490 e. The van der Waals surface area contributed by atoms with Gasteiger partial charge < -0.3 is 15.2 Å². The third-order valence-corrected chi connectivity index (χ3v) is 1.85. The van der Waals surface area contributed by atoms with Crippen molar-refractivity contribution in [2.75, 3.05) is 6.61 Å². The highest BCUT2D eigenvalue weighted by Gasteiger charge is 2.12. The van der Waals surface area contributed by atoms with Crippen molar-refractivity contribution in [1.82, 2.24) is 0 Å². The zero-order valence-electron chi connectivity index (χ0n) is 8.90. The van der Waals surface area contributed by atoms with Crippen molar-refractivity contribution in [2.45, 2.75) is 20.0 Å². The normalized spacial score (nSPS) is 11.9. The highest BCUT2D eigenvalue weighted by atomic mass is 16.5. The molecule has 0 fully saturated rings. The van der Waals surface area contributed by atoms with Gasteiger partial charge in [0.15, 0.2) is 17.6 Å². The molecule has 0 unspecified atom stereocenters. The van der Waals surface area contributed by atoms with E-state index in [0.717, 1.165) is 0 Å². The SMILES string of the molecule is CCOc1ccccc1O[C@@H](C)C(N)=O. The van der Waals surface area contributed by atoms with E-state index in [9.17, 15) is 4.79 Å². The molecule has 15 heavy (non-hydrogen) atoms. The van der Waals surface area contributed by atoms with Crippen LogP contribution in [0.5, 0.6) is 11.5 Å². The molecule has 0 saturated heterocycles. The molecule has 1 rings (SSSR count). The molecule has 0 heterocycles. The third kappa shape index (κ3) is 3.16. The van der Waals surface area contributed by atoms with Gasteiger partial charge in [0.1, 0.15) is 0 Å². The van der Waals surface area contributed by atoms with Crippen LogP contribution in [0.3, 0.4) is 0 Å². The molecule has 0 saturated carbocycles. The van der Waals surface area contributed by atoms with Gasteiger partial charge in [0.05, 0.1) is 6.61 Å².